The van der Waals surface area contributed by atoms with Crippen molar-refractivity contribution < 1.29 is 29.6 Å². The number of esters is 1. The second-order valence-corrected chi connectivity index (χ2v) is 9.47. The molecule has 2 rings (SSSR count). The van der Waals surface area contributed by atoms with Gasteiger partial charge in [-0.05, 0) is 69.1 Å². The Labute approximate surface area is 175 Å². The number of hydrogen-bond donors (Lipinski definition) is 3. The Morgan fingerprint density at radius 2 is 1.83 bits per heavy atom. The van der Waals surface area contributed by atoms with Gasteiger partial charge in [0.05, 0.1) is 30.7 Å². The average Bonchev–Trinajstić information content (AvgIpc) is 2.65. The molecule has 2 aliphatic rings. The summed E-state index contributed by atoms with van der Waals surface area (Å²) in [6, 6.07) is 0. The molecule has 0 aromatic carbocycles. The van der Waals surface area contributed by atoms with E-state index < -0.39 is 18.2 Å². The Morgan fingerprint density at radius 1 is 1.10 bits per heavy atom. The van der Waals surface area contributed by atoms with E-state index in [2.05, 4.69) is 6.92 Å². The summed E-state index contributed by atoms with van der Waals surface area (Å²) in [5.74, 6) is 0.544. The number of carboxylic acid groups (broad SMARTS) is 1. The molecule has 0 spiro atoms. The van der Waals surface area contributed by atoms with Gasteiger partial charge < -0.3 is 20.1 Å². The van der Waals surface area contributed by atoms with E-state index in [9.17, 15) is 19.8 Å². The van der Waals surface area contributed by atoms with Gasteiger partial charge in [0.15, 0.2) is 0 Å². The molecule has 168 valence electrons. The van der Waals surface area contributed by atoms with E-state index in [-0.39, 0.29) is 30.8 Å². The van der Waals surface area contributed by atoms with Gasteiger partial charge >= 0.3 is 11.9 Å². The molecule has 0 aliphatic heterocycles. The first-order valence-corrected chi connectivity index (χ1v) is 11.5. The third kappa shape index (κ3) is 6.95. The summed E-state index contributed by atoms with van der Waals surface area (Å²) in [6.07, 6.45) is 5.54. The van der Waals surface area contributed by atoms with Crippen LogP contribution in [0.25, 0.3) is 0 Å². The first kappa shape index (κ1) is 24.1. The molecule has 0 radical (unpaired) electrons. The zero-order valence-electron chi connectivity index (χ0n) is 18.3. The number of fused-ring (bicyclic) bond motifs is 1. The molecule has 0 amide bonds. The van der Waals surface area contributed by atoms with E-state index >= 15 is 0 Å². The summed E-state index contributed by atoms with van der Waals surface area (Å²) in [6.45, 7) is 6.21. The molecule has 0 aromatic rings. The number of carboxylic acids is 1. The SMILES string of the molecule is CC[C@@H](C)OC(=O)C1CCCC2CC[C@H](C)[C@H](CC[C@@H](O)C[C@@H](O)CC(=O)O)[C@H]21. The Balaban J connectivity index is 2.01. The molecule has 3 N–H and O–H groups in total. The number of rotatable bonds is 10. The first-order valence-electron chi connectivity index (χ1n) is 11.5. The smallest absolute Gasteiger partial charge is 0.309 e. The van der Waals surface area contributed by atoms with Gasteiger partial charge in [-0.3, -0.25) is 9.59 Å². The minimum Gasteiger partial charge on any atom is -0.481 e. The number of carbonyl (C=O) groups excluding carboxylic acids is 1. The van der Waals surface area contributed by atoms with E-state index in [1.54, 1.807) is 0 Å². The van der Waals surface area contributed by atoms with Crippen LogP contribution in [-0.4, -0.2) is 45.6 Å². The summed E-state index contributed by atoms with van der Waals surface area (Å²) in [4.78, 5) is 23.6. The molecule has 0 bridgehead atoms. The van der Waals surface area contributed by atoms with Crippen LogP contribution in [0.3, 0.4) is 0 Å². The zero-order valence-corrected chi connectivity index (χ0v) is 18.3. The minimum absolute atomic E-state index is 0.0504. The van der Waals surface area contributed by atoms with Gasteiger partial charge in [-0.1, -0.05) is 33.1 Å². The van der Waals surface area contributed by atoms with E-state index in [1.807, 2.05) is 13.8 Å². The van der Waals surface area contributed by atoms with Crippen molar-refractivity contribution in [1.82, 2.24) is 0 Å². The Kier molecular flexibility index (Phi) is 9.41. The Hall–Kier alpha value is -1.14. The lowest BCUT2D eigenvalue weighted by Gasteiger charge is -2.48. The van der Waals surface area contributed by atoms with Gasteiger partial charge in [-0.2, -0.15) is 0 Å². The summed E-state index contributed by atoms with van der Waals surface area (Å²) in [5.41, 5.74) is 0. The maximum absolute atomic E-state index is 12.9. The molecule has 8 atom stereocenters. The van der Waals surface area contributed by atoms with Crippen molar-refractivity contribution in [2.75, 3.05) is 0 Å². The molecule has 6 nitrogen and oxygen atoms in total. The van der Waals surface area contributed by atoms with Gasteiger partial charge in [-0.25, -0.2) is 0 Å². The summed E-state index contributed by atoms with van der Waals surface area (Å²) in [7, 11) is 0. The standard InChI is InChI=1S/C23H40O6/c1-4-15(3)29-23(28)20-7-5-6-16-9-8-14(2)19(22(16)20)11-10-17(24)12-18(25)13-21(26)27/h14-20,22,24-25H,4-13H2,1-3H3,(H,26,27)/t14-,15+,16?,17+,18+,19-,20?,22-/m0/s1. The van der Waals surface area contributed by atoms with Crippen LogP contribution in [0.15, 0.2) is 0 Å². The predicted molar refractivity (Wildman–Crippen MR) is 110 cm³/mol. The monoisotopic (exact) mass is 412 g/mol. The highest BCUT2D eigenvalue weighted by atomic mass is 16.5. The van der Waals surface area contributed by atoms with Gasteiger partial charge in [-0.15, -0.1) is 0 Å². The normalized spacial score (nSPS) is 32.7. The van der Waals surface area contributed by atoms with E-state index in [4.69, 9.17) is 9.84 Å². The maximum atomic E-state index is 12.9. The van der Waals surface area contributed by atoms with Gasteiger partial charge in [0, 0.05) is 0 Å². The number of aliphatic hydroxyl groups is 2. The molecule has 29 heavy (non-hydrogen) atoms. The van der Waals surface area contributed by atoms with Crippen LogP contribution in [-0.2, 0) is 14.3 Å². The lowest BCUT2D eigenvalue weighted by atomic mass is 9.57. The van der Waals surface area contributed by atoms with Crippen LogP contribution in [0, 0.1) is 29.6 Å². The number of carbonyl (C=O) groups is 2. The molecule has 2 saturated carbocycles. The fourth-order valence-corrected chi connectivity index (χ4v) is 5.59. The topological polar surface area (TPSA) is 104 Å². The second kappa shape index (κ2) is 11.3. The molecular weight excluding hydrogens is 372 g/mol. The highest BCUT2D eigenvalue weighted by molar-refractivity contribution is 5.73. The van der Waals surface area contributed by atoms with Gasteiger partial charge in [0.25, 0.3) is 0 Å². The number of hydrogen-bond acceptors (Lipinski definition) is 5. The minimum atomic E-state index is -1.06. The lowest BCUT2D eigenvalue weighted by Crippen LogP contribution is -2.44. The maximum Gasteiger partial charge on any atom is 0.309 e. The molecule has 2 fully saturated rings. The summed E-state index contributed by atoms with van der Waals surface area (Å²) >= 11 is 0. The van der Waals surface area contributed by atoms with Crippen molar-refractivity contribution in [1.29, 1.82) is 0 Å². The first-order chi connectivity index (χ1) is 13.7. The van der Waals surface area contributed by atoms with Gasteiger partial charge in [0.2, 0.25) is 0 Å². The largest absolute Gasteiger partial charge is 0.481 e. The van der Waals surface area contributed by atoms with Gasteiger partial charge in [0.1, 0.15) is 0 Å². The van der Waals surface area contributed by atoms with Crippen molar-refractivity contribution in [2.45, 2.75) is 103 Å². The lowest BCUT2D eigenvalue weighted by molar-refractivity contribution is -0.161. The van der Waals surface area contributed by atoms with Crippen LogP contribution >= 0.6 is 0 Å². The van der Waals surface area contributed by atoms with Crippen LogP contribution in [0.4, 0.5) is 0 Å². The molecule has 2 aliphatic carbocycles. The number of ether oxygens (including phenoxy) is 1. The molecular formula is C23H40O6. The fraction of sp³-hybridized carbons (Fsp3) is 0.913. The Morgan fingerprint density at radius 3 is 2.48 bits per heavy atom. The van der Waals surface area contributed by atoms with E-state index in [0.717, 1.165) is 38.5 Å². The number of aliphatic carboxylic acids is 1. The highest BCUT2D eigenvalue weighted by Gasteiger charge is 2.46. The molecule has 2 unspecified atom stereocenters. The zero-order chi connectivity index (χ0) is 21.6. The number of aliphatic hydroxyl groups excluding tert-OH is 2. The average molecular weight is 413 g/mol. The van der Waals surface area contributed by atoms with Crippen LogP contribution < -0.4 is 0 Å². The molecule has 0 aromatic heterocycles. The van der Waals surface area contributed by atoms with Crippen LogP contribution in [0.5, 0.6) is 0 Å². The second-order valence-electron chi connectivity index (χ2n) is 9.47. The van der Waals surface area contributed by atoms with E-state index in [1.165, 1.54) is 6.42 Å². The predicted octanol–water partition coefficient (Wildman–Crippen LogP) is 3.77. The fourth-order valence-electron chi connectivity index (χ4n) is 5.59. The molecule has 6 heteroatoms. The highest BCUT2D eigenvalue weighted by Crippen LogP contribution is 2.51. The summed E-state index contributed by atoms with van der Waals surface area (Å²) < 4.78 is 5.71. The van der Waals surface area contributed by atoms with E-state index in [0.29, 0.717) is 30.1 Å². The van der Waals surface area contributed by atoms with Crippen LogP contribution in [0.1, 0.15) is 85.0 Å². The molecule has 0 heterocycles. The Bertz CT molecular complexity index is 535. The third-order valence-electron chi connectivity index (χ3n) is 7.30. The third-order valence-corrected chi connectivity index (χ3v) is 7.30. The molecule has 0 saturated heterocycles. The van der Waals surface area contributed by atoms with Crippen molar-refractivity contribution in [3.63, 3.8) is 0 Å². The van der Waals surface area contributed by atoms with Crippen molar-refractivity contribution in [2.24, 2.45) is 29.6 Å². The quantitative estimate of drug-likeness (QED) is 0.472. The van der Waals surface area contributed by atoms with Crippen molar-refractivity contribution in [3.8, 4) is 0 Å². The van der Waals surface area contributed by atoms with Crippen molar-refractivity contribution >= 4 is 11.9 Å². The van der Waals surface area contributed by atoms with Crippen LogP contribution in [0.2, 0.25) is 0 Å². The van der Waals surface area contributed by atoms with Crippen molar-refractivity contribution in [3.05, 3.63) is 0 Å². The summed E-state index contributed by atoms with van der Waals surface area (Å²) in [5, 5.41) is 28.9.